The maximum Gasteiger partial charge on any atom is 0.411 e. The van der Waals surface area contributed by atoms with Crippen LogP contribution in [0, 0.1) is 11.7 Å². The Morgan fingerprint density at radius 3 is 2.45 bits per heavy atom. The van der Waals surface area contributed by atoms with E-state index >= 15 is 4.39 Å². The zero-order valence-corrected chi connectivity index (χ0v) is 27.7. The molecule has 2 amide bonds. The number of nitrogens with zero attached hydrogens (tertiary/aromatic N) is 2. The second-order valence-corrected chi connectivity index (χ2v) is 16.1. The fraction of sp³-hybridized carbons (Fsp3) is 0.606. The van der Waals surface area contributed by atoms with Gasteiger partial charge in [-0.3, -0.25) is 14.7 Å². The van der Waals surface area contributed by atoms with E-state index in [4.69, 9.17) is 4.74 Å². The molecular formula is C33H47FN4O5S. The van der Waals surface area contributed by atoms with Crippen molar-refractivity contribution in [3.63, 3.8) is 0 Å². The molecule has 0 spiro atoms. The van der Waals surface area contributed by atoms with Crippen molar-refractivity contribution in [3.05, 3.63) is 59.7 Å². The van der Waals surface area contributed by atoms with Gasteiger partial charge in [0.1, 0.15) is 27.7 Å². The molecule has 1 saturated carbocycles. The third-order valence-electron chi connectivity index (χ3n) is 8.27. The summed E-state index contributed by atoms with van der Waals surface area (Å²) in [6.45, 7) is 12.5. The molecule has 4 rings (SSSR count). The molecule has 11 heteroatoms. The highest BCUT2D eigenvalue weighted by molar-refractivity contribution is 7.90. The van der Waals surface area contributed by atoms with E-state index in [-0.39, 0.29) is 18.7 Å². The van der Waals surface area contributed by atoms with E-state index < -0.39 is 56.7 Å². The number of hydrogen-bond acceptors (Lipinski definition) is 7. The predicted octanol–water partition coefficient (Wildman–Crippen LogP) is 5.80. The number of likely N-dealkylation sites (tertiary alicyclic amines) is 1. The Kier molecular flexibility index (Phi) is 10.0. The lowest BCUT2D eigenvalue weighted by Crippen LogP contribution is -2.52. The van der Waals surface area contributed by atoms with Crippen molar-refractivity contribution >= 4 is 29.0 Å². The van der Waals surface area contributed by atoms with Gasteiger partial charge in [0, 0.05) is 24.0 Å². The van der Waals surface area contributed by atoms with Crippen LogP contribution < -0.4 is 10.0 Å². The third kappa shape index (κ3) is 8.10. The van der Waals surface area contributed by atoms with Gasteiger partial charge in [-0.25, -0.2) is 9.18 Å². The van der Waals surface area contributed by atoms with Crippen molar-refractivity contribution in [1.82, 2.24) is 14.6 Å². The van der Waals surface area contributed by atoms with Gasteiger partial charge >= 0.3 is 6.09 Å². The Morgan fingerprint density at radius 1 is 1.18 bits per heavy atom. The van der Waals surface area contributed by atoms with Crippen LogP contribution in [0.4, 0.5) is 14.9 Å². The molecule has 0 radical (unpaired) electrons. The zero-order chi connectivity index (χ0) is 32.5. The molecular weight excluding hydrogens is 583 g/mol. The lowest BCUT2D eigenvalue weighted by molar-refractivity contribution is -0.120. The summed E-state index contributed by atoms with van der Waals surface area (Å²) in [6.07, 6.45) is 4.94. The van der Waals surface area contributed by atoms with E-state index in [1.807, 2.05) is 39.0 Å². The van der Waals surface area contributed by atoms with Gasteiger partial charge in [-0.05, 0) is 96.6 Å². The molecule has 242 valence electrons. The quantitative estimate of drug-likeness (QED) is 0.284. The highest BCUT2D eigenvalue weighted by Gasteiger charge is 2.49. The first-order valence-corrected chi connectivity index (χ1v) is 16.6. The van der Waals surface area contributed by atoms with Gasteiger partial charge in [0.25, 0.3) is 0 Å². The Labute approximate surface area is 263 Å². The molecule has 0 bridgehead atoms. The van der Waals surface area contributed by atoms with Crippen LogP contribution in [0.2, 0.25) is 0 Å². The van der Waals surface area contributed by atoms with E-state index in [1.165, 1.54) is 11.0 Å². The first-order chi connectivity index (χ1) is 20.5. The van der Waals surface area contributed by atoms with Crippen molar-refractivity contribution < 1.29 is 28.4 Å². The number of anilines is 1. The Hall–Kier alpha value is -2.73. The first-order valence-electron chi connectivity index (χ1n) is 15.4. The number of halogens is 1. The van der Waals surface area contributed by atoms with Crippen LogP contribution in [0.1, 0.15) is 98.2 Å². The summed E-state index contributed by atoms with van der Waals surface area (Å²) in [5, 5.41) is 13.7. The molecule has 1 aliphatic carbocycles. The Bertz CT molecular complexity index is 1330. The Balaban J connectivity index is 1.72. The number of carbonyl (C=O) groups excluding carboxylic acids is 2. The second kappa shape index (κ2) is 12.9. The monoisotopic (exact) mass is 630 g/mol. The minimum absolute atomic E-state index is 0.0126. The van der Waals surface area contributed by atoms with Crippen LogP contribution in [0.5, 0.6) is 0 Å². The molecule has 2 aliphatic rings. The SMILES string of the molecule is CCC1(O)CC(C(=O)Nc2cc(C(CCC3CC3)(N[S+]([O-])C(C)(C)C)c3ccccn3)ccc2F)N(C(=O)OC(C)(C)C)C1. The average Bonchev–Trinajstić information content (AvgIpc) is 3.71. The highest BCUT2D eigenvalue weighted by atomic mass is 32.2. The van der Waals surface area contributed by atoms with Crippen LogP contribution in [0.25, 0.3) is 0 Å². The minimum Gasteiger partial charge on any atom is -0.598 e. The van der Waals surface area contributed by atoms with E-state index in [0.29, 0.717) is 30.0 Å². The summed E-state index contributed by atoms with van der Waals surface area (Å²) in [6, 6.07) is 8.94. The summed E-state index contributed by atoms with van der Waals surface area (Å²) in [5.74, 6) is -0.742. The van der Waals surface area contributed by atoms with Gasteiger partial charge in [0.05, 0.1) is 23.5 Å². The topological polar surface area (TPSA) is 127 Å². The number of amides is 2. The highest BCUT2D eigenvalue weighted by Crippen LogP contribution is 2.42. The minimum atomic E-state index is -1.51. The molecule has 2 heterocycles. The normalized spacial score (nSPS) is 22.8. The summed E-state index contributed by atoms with van der Waals surface area (Å²) >= 11 is -1.51. The molecule has 3 N–H and O–H groups in total. The van der Waals surface area contributed by atoms with Crippen LogP contribution in [0.3, 0.4) is 0 Å². The van der Waals surface area contributed by atoms with Gasteiger partial charge in [-0.1, -0.05) is 31.9 Å². The summed E-state index contributed by atoms with van der Waals surface area (Å²) in [4.78, 5) is 32.6. The third-order valence-corrected chi connectivity index (χ3v) is 9.92. The largest absolute Gasteiger partial charge is 0.598 e. The van der Waals surface area contributed by atoms with Crippen molar-refractivity contribution in [2.75, 3.05) is 11.9 Å². The fourth-order valence-electron chi connectivity index (χ4n) is 5.40. The number of ether oxygens (including phenoxy) is 1. The molecule has 44 heavy (non-hydrogen) atoms. The van der Waals surface area contributed by atoms with Crippen molar-refractivity contribution in [1.29, 1.82) is 0 Å². The number of nitrogens with one attached hydrogen (secondary N) is 2. The van der Waals surface area contributed by atoms with E-state index in [0.717, 1.165) is 19.3 Å². The molecule has 4 unspecified atom stereocenters. The maximum atomic E-state index is 15.4. The number of rotatable bonds is 10. The number of aliphatic hydroxyl groups is 1. The van der Waals surface area contributed by atoms with Crippen molar-refractivity contribution in [2.24, 2.45) is 5.92 Å². The van der Waals surface area contributed by atoms with Gasteiger partial charge in [0.15, 0.2) is 0 Å². The van der Waals surface area contributed by atoms with E-state index in [1.54, 1.807) is 46.0 Å². The number of benzene rings is 1. The predicted molar refractivity (Wildman–Crippen MR) is 170 cm³/mol. The van der Waals surface area contributed by atoms with Crippen molar-refractivity contribution in [2.45, 2.75) is 115 Å². The molecule has 1 saturated heterocycles. The second-order valence-electron chi connectivity index (χ2n) is 14.2. The molecule has 1 aromatic carbocycles. The molecule has 2 aromatic rings. The molecule has 1 aromatic heterocycles. The van der Waals surface area contributed by atoms with Crippen LogP contribution >= 0.6 is 0 Å². The van der Waals surface area contributed by atoms with E-state index in [9.17, 15) is 19.2 Å². The van der Waals surface area contributed by atoms with Crippen LogP contribution in [-0.2, 0) is 26.4 Å². The fourth-order valence-corrected chi connectivity index (χ4v) is 6.35. The molecule has 4 atom stereocenters. The maximum absolute atomic E-state index is 15.4. The number of carbonyl (C=O) groups is 2. The first kappa shape index (κ1) is 34.1. The van der Waals surface area contributed by atoms with E-state index in [2.05, 4.69) is 15.0 Å². The lowest BCUT2D eigenvalue weighted by Gasteiger charge is -2.38. The molecule has 1 aliphatic heterocycles. The van der Waals surface area contributed by atoms with Gasteiger partial charge in [0.2, 0.25) is 5.91 Å². The van der Waals surface area contributed by atoms with Gasteiger partial charge < -0.3 is 19.7 Å². The summed E-state index contributed by atoms with van der Waals surface area (Å²) < 4.78 is 37.3. The lowest BCUT2D eigenvalue weighted by atomic mass is 9.82. The standard InChI is InChI=1S/C33H47FN4O5S/c1-8-32(41)20-26(38(21-32)29(40)43-30(2,3)4)28(39)36-25-19-23(14-15-24(25)34)33(17-16-22-12-13-22,27-11-9-10-18-35-27)37-44(42)31(5,6)7/h9-11,14-15,18-19,22,26,37,41H,8,12-13,16-17,20-21H2,1-7H3,(H,36,39). The van der Waals surface area contributed by atoms with Crippen LogP contribution in [0.15, 0.2) is 42.6 Å². The van der Waals surface area contributed by atoms with Gasteiger partial charge in [-0.15, -0.1) is 4.72 Å². The van der Waals surface area contributed by atoms with Gasteiger partial charge in [-0.2, -0.15) is 0 Å². The molecule has 2 fully saturated rings. The number of hydrogen-bond donors (Lipinski definition) is 3. The Morgan fingerprint density at radius 2 is 1.89 bits per heavy atom. The molecule has 9 nitrogen and oxygen atoms in total. The summed E-state index contributed by atoms with van der Waals surface area (Å²) in [5.41, 5.74) is -1.96. The van der Waals surface area contributed by atoms with Crippen LogP contribution in [-0.4, -0.2) is 60.1 Å². The number of β-amino-alcohol motifs (C(OH)–C–C–N with tert-alkyl or cyclic N) is 1. The average molecular weight is 631 g/mol. The summed E-state index contributed by atoms with van der Waals surface area (Å²) in [7, 11) is 0. The van der Waals surface area contributed by atoms with Crippen molar-refractivity contribution in [3.8, 4) is 0 Å². The number of pyridine rings is 1. The zero-order valence-electron chi connectivity index (χ0n) is 26.9. The smallest absolute Gasteiger partial charge is 0.411 e. The number of aromatic nitrogens is 1.